The van der Waals surface area contributed by atoms with Gasteiger partial charge in [-0.1, -0.05) is 0 Å². The monoisotopic (exact) mass is 322 g/mol. The van der Waals surface area contributed by atoms with Crippen LogP contribution in [-0.4, -0.2) is 54.7 Å². The summed E-state index contributed by atoms with van der Waals surface area (Å²) in [5, 5.41) is 0. The first-order valence-corrected chi connectivity index (χ1v) is 8.13. The lowest BCUT2D eigenvalue weighted by molar-refractivity contribution is -0.00490. The molecule has 0 saturated carbocycles. The lowest BCUT2D eigenvalue weighted by Crippen LogP contribution is -2.60. The van der Waals surface area contributed by atoms with E-state index < -0.39 is 11.6 Å². The molecule has 1 aromatic rings. The van der Waals surface area contributed by atoms with E-state index in [4.69, 9.17) is 4.74 Å². The Morgan fingerprint density at radius 3 is 2.39 bits per heavy atom. The summed E-state index contributed by atoms with van der Waals surface area (Å²) >= 11 is 0. The van der Waals surface area contributed by atoms with Crippen LogP contribution in [0.5, 0.6) is 0 Å². The van der Waals surface area contributed by atoms with Crippen LogP contribution >= 0.6 is 0 Å². The zero-order valence-electron chi connectivity index (χ0n) is 13.0. The van der Waals surface area contributed by atoms with Crippen molar-refractivity contribution in [1.29, 1.82) is 0 Å². The highest BCUT2D eigenvalue weighted by Gasteiger charge is 2.55. The molecule has 0 aromatic heterocycles. The number of fused-ring (bicyclic) bond motifs is 2. The predicted octanol–water partition coefficient (Wildman–Crippen LogP) is 2.59. The molecule has 4 aliphatic rings. The molecule has 0 radical (unpaired) electrons. The summed E-state index contributed by atoms with van der Waals surface area (Å²) in [6, 6.07) is 3.90. The quantitative estimate of drug-likeness (QED) is 0.797. The van der Waals surface area contributed by atoms with Crippen molar-refractivity contribution in [3.63, 3.8) is 0 Å². The van der Waals surface area contributed by atoms with Crippen LogP contribution in [0, 0.1) is 17.6 Å². The number of ether oxygens (including phenoxy) is 1. The van der Waals surface area contributed by atoms with Crippen LogP contribution in [0.4, 0.5) is 13.6 Å². The Morgan fingerprint density at radius 2 is 1.78 bits per heavy atom. The second-order valence-electron chi connectivity index (χ2n) is 6.79. The molecule has 23 heavy (non-hydrogen) atoms. The van der Waals surface area contributed by atoms with Crippen LogP contribution in [0.25, 0.3) is 0 Å². The molecule has 3 atom stereocenters. The van der Waals surface area contributed by atoms with Gasteiger partial charge in [0, 0.05) is 24.6 Å². The first-order chi connectivity index (χ1) is 11.1. The van der Waals surface area contributed by atoms with Gasteiger partial charge < -0.3 is 9.64 Å². The van der Waals surface area contributed by atoms with Gasteiger partial charge in [0.25, 0.3) is 0 Å². The fourth-order valence-corrected chi connectivity index (χ4v) is 4.83. The van der Waals surface area contributed by atoms with Crippen LogP contribution < -0.4 is 0 Å². The van der Waals surface area contributed by atoms with Gasteiger partial charge in [-0.05, 0) is 49.5 Å². The van der Waals surface area contributed by atoms with Gasteiger partial charge in [0.15, 0.2) is 0 Å². The topological polar surface area (TPSA) is 32.8 Å². The van der Waals surface area contributed by atoms with E-state index in [2.05, 4.69) is 4.90 Å². The molecule has 0 N–H and O–H groups in total. The van der Waals surface area contributed by atoms with Crippen LogP contribution in [0.15, 0.2) is 18.2 Å². The van der Waals surface area contributed by atoms with Crippen molar-refractivity contribution >= 4 is 6.09 Å². The predicted molar refractivity (Wildman–Crippen MR) is 80.1 cm³/mol. The van der Waals surface area contributed by atoms with E-state index >= 15 is 0 Å². The average molecular weight is 322 g/mol. The van der Waals surface area contributed by atoms with Gasteiger partial charge >= 0.3 is 6.09 Å². The smallest absolute Gasteiger partial charge is 0.409 e. The molecule has 6 heteroatoms. The summed E-state index contributed by atoms with van der Waals surface area (Å²) in [5.74, 6) is -0.757. The summed E-state index contributed by atoms with van der Waals surface area (Å²) in [7, 11) is 1.38. The number of carbonyl (C=O) groups excluding carboxylic acids is 1. The molecular weight excluding hydrogens is 302 g/mol. The fraction of sp³-hybridized carbons (Fsp3) is 0.588. The molecular formula is C17H20F2N2O2. The Kier molecular flexibility index (Phi) is 3.52. The van der Waals surface area contributed by atoms with Crippen LogP contribution in [0.1, 0.15) is 24.3 Å². The minimum atomic E-state index is -0.566. The fourth-order valence-electron chi connectivity index (χ4n) is 4.83. The van der Waals surface area contributed by atoms with Crippen LogP contribution in [0.2, 0.25) is 0 Å². The molecule has 4 heterocycles. The third-order valence-corrected chi connectivity index (χ3v) is 5.72. The van der Waals surface area contributed by atoms with Crippen molar-refractivity contribution in [2.24, 2.45) is 5.92 Å². The number of hydrogen-bond donors (Lipinski definition) is 0. The highest BCUT2D eigenvalue weighted by molar-refractivity contribution is 5.69. The van der Waals surface area contributed by atoms with Gasteiger partial charge in [-0.25, -0.2) is 13.6 Å². The van der Waals surface area contributed by atoms with Crippen molar-refractivity contribution < 1.29 is 18.3 Å². The van der Waals surface area contributed by atoms with E-state index in [0.717, 1.165) is 32.0 Å². The summed E-state index contributed by atoms with van der Waals surface area (Å²) < 4.78 is 32.3. The van der Waals surface area contributed by atoms with Gasteiger partial charge in [-0.15, -0.1) is 0 Å². The van der Waals surface area contributed by atoms with Gasteiger partial charge in [0.1, 0.15) is 11.6 Å². The van der Waals surface area contributed by atoms with Crippen molar-refractivity contribution in [2.75, 3.05) is 26.7 Å². The number of rotatable bonds is 1. The first kappa shape index (κ1) is 14.9. The van der Waals surface area contributed by atoms with Gasteiger partial charge in [0.2, 0.25) is 0 Å². The first-order valence-electron chi connectivity index (χ1n) is 8.13. The number of methoxy groups -OCH3 is 1. The lowest BCUT2D eigenvalue weighted by atomic mass is 9.75. The summed E-state index contributed by atoms with van der Waals surface area (Å²) in [5.41, 5.74) is 0.636. The minimum Gasteiger partial charge on any atom is -0.453 e. The number of carbonyl (C=O) groups is 1. The Bertz CT molecular complexity index is 611. The lowest BCUT2D eigenvalue weighted by Gasteiger charge is -2.50. The second-order valence-corrected chi connectivity index (χ2v) is 6.79. The van der Waals surface area contributed by atoms with E-state index in [1.807, 2.05) is 0 Å². The molecule has 2 bridgehead atoms. The zero-order valence-corrected chi connectivity index (χ0v) is 13.0. The van der Waals surface area contributed by atoms with Crippen LogP contribution in [0.3, 0.4) is 0 Å². The molecule has 5 rings (SSSR count). The summed E-state index contributed by atoms with van der Waals surface area (Å²) in [4.78, 5) is 16.3. The third kappa shape index (κ3) is 2.31. The molecule has 4 saturated heterocycles. The number of amides is 1. The molecule has 4 aliphatic heterocycles. The van der Waals surface area contributed by atoms with Gasteiger partial charge in [0.05, 0.1) is 13.2 Å². The van der Waals surface area contributed by atoms with Crippen LogP contribution in [-0.2, 0) is 4.74 Å². The maximum atomic E-state index is 13.7. The van der Waals surface area contributed by atoms with E-state index in [9.17, 15) is 13.6 Å². The van der Waals surface area contributed by atoms with E-state index in [1.165, 1.54) is 19.2 Å². The molecule has 1 amide bonds. The number of halogens is 2. The SMILES string of the molecule is COC(=O)N1C[C@H](c2cc(F)cc(F)c2)[C@H]2[C@@H]1C1CCN2CC1. The van der Waals surface area contributed by atoms with E-state index in [-0.39, 0.29) is 24.1 Å². The maximum absolute atomic E-state index is 13.7. The number of hydrogen-bond acceptors (Lipinski definition) is 3. The Labute approximate surface area is 134 Å². The number of benzene rings is 1. The molecule has 1 aromatic carbocycles. The Hall–Kier alpha value is -1.69. The van der Waals surface area contributed by atoms with Crippen molar-refractivity contribution in [3.8, 4) is 0 Å². The Morgan fingerprint density at radius 1 is 1.13 bits per heavy atom. The summed E-state index contributed by atoms with van der Waals surface area (Å²) in [6.45, 7) is 2.45. The van der Waals surface area contributed by atoms with Gasteiger partial charge in [-0.2, -0.15) is 0 Å². The van der Waals surface area contributed by atoms with Crippen molar-refractivity contribution in [1.82, 2.24) is 9.80 Å². The van der Waals surface area contributed by atoms with Gasteiger partial charge in [-0.3, -0.25) is 4.90 Å². The second kappa shape index (κ2) is 5.44. The highest BCUT2D eigenvalue weighted by Crippen LogP contribution is 2.46. The molecule has 4 fully saturated rings. The molecule has 0 spiro atoms. The maximum Gasteiger partial charge on any atom is 0.409 e. The standard InChI is InChI=1S/C17H20F2N2O2/c1-23-17(22)21-9-14(11-6-12(18)8-13(19)7-11)16-15(21)10-2-4-20(16)5-3-10/h6-8,10,14-16H,2-5,9H2,1H3/t14-,15+,16+/m1/s1. The molecule has 124 valence electrons. The minimum absolute atomic E-state index is 0.0765. The number of likely N-dealkylation sites (tertiary alicyclic amines) is 1. The third-order valence-electron chi connectivity index (χ3n) is 5.72. The average Bonchev–Trinajstić information content (AvgIpc) is 2.97. The van der Waals surface area contributed by atoms with E-state index in [0.29, 0.717) is 18.0 Å². The number of nitrogens with zero attached hydrogens (tertiary/aromatic N) is 2. The number of piperidine rings is 3. The van der Waals surface area contributed by atoms with Crippen molar-refractivity contribution in [3.05, 3.63) is 35.4 Å². The molecule has 0 unspecified atom stereocenters. The largest absolute Gasteiger partial charge is 0.453 e. The normalized spacial score (nSPS) is 35.3. The Balaban J connectivity index is 1.74. The highest BCUT2D eigenvalue weighted by atomic mass is 19.1. The zero-order chi connectivity index (χ0) is 16.1. The van der Waals surface area contributed by atoms with E-state index in [1.54, 1.807) is 4.90 Å². The summed E-state index contributed by atoms with van der Waals surface area (Å²) in [6.07, 6.45) is 1.80. The van der Waals surface area contributed by atoms with Crippen molar-refractivity contribution in [2.45, 2.75) is 30.8 Å². The molecule has 0 aliphatic carbocycles. The molecule has 4 nitrogen and oxygen atoms in total.